The number of rotatable bonds is 12. The molecule has 3 nitrogen and oxygen atoms in total. The fourth-order valence-corrected chi connectivity index (χ4v) is 4.11. The van der Waals surface area contributed by atoms with Gasteiger partial charge in [0, 0.05) is 6.42 Å². The molecule has 26 heavy (non-hydrogen) atoms. The van der Waals surface area contributed by atoms with E-state index in [0.717, 1.165) is 24.3 Å². The van der Waals surface area contributed by atoms with Gasteiger partial charge < -0.3 is 0 Å². The summed E-state index contributed by atoms with van der Waals surface area (Å²) in [6, 6.07) is 10.2. The molecule has 0 radical (unpaired) electrons. The first-order valence-electron chi connectivity index (χ1n) is 10.8. The van der Waals surface area contributed by atoms with Crippen molar-refractivity contribution in [2.75, 3.05) is 0 Å². The third-order valence-corrected chi connectivity index (χ3v) is 5.74. The summed E-state index contributed by atoms with van der Waals surface area (Å²) in [5.74, 6) is 0.127. The van der Waals surface area contributed by atoms with Crippen LogP contribution in [0, 0.1) is 0 Å². The van der Waals surface area contributed by atoms with Crippen LogP contribution in [-0.2, 0) is 4.79 Å². The molecule has 0 bridgehead atoms. The SMILES string of the molecule is CCCCCCCCCCCC[C@H]1C[C@@H](c2ccccc2)CC(=O)N1O. The lowest BCUT2D eigenvalue weighted by atomic mass is 9.84. The molecular formula is C23H37NO2. The largest absolute Gasteiger partial charge is 0.286 e. The fourth-order valence-electron chi connectivity index (χ4n) is 4.11. The molecule has 1 saturated heterocycles. The number of amides is 1. The number of carbonyl (C=O) groups is 1. The Morgan fingerprint density at radius 2 is 1.50 bits per heavy atom. The zero-order valence-corrected chi connectivity index (χ0v) is 16.5. The lowest BCUT2D eigenvalue weighted by molar-refractivity contribution is -0.184. The summed E-state index contributed by atoms with van der Waals surface area (Å²) in [5, 5.41) is 11.2. The summed E-state index contributed by atoms with van der Waals surface area (Å²) in [4.78, 5) is 12.1. The number of carbonyl (C=O) groups excluding carboxylic acids is 1. The van der Waals surface area contributed by atoms with Crippen molar-refractivity contribution in [3.63, 3.8) is 0 Å². The van der Waals surface area contributed by atoms with Crippen LogP contribution in [0.1, 0.15) is 102 Å². The van der Waals surface area contributed by atoms with Crippen molar-refractivity contribution in [3.05, 3.63) is 35.9 Å². The number of nitrogens with zero attached hydrogens (tertiary/aromatic N) is 1. The summed E-state index contributed by atoms with van der Waals surface area (Å²) in [6.07, 6.45) is 15.3. The van der Waals surface area contributed by atoms with Crippen LogP contribution in [0.5, 0.6) is 0 Å². The fraction of sp³-hybridized carbons (Fsp3) is 0.696. The quantitative estimate of drug-likeness (QED) is 0.343. The third-order valence-electron chi connectivity index (χ3n) is 5.74. The topological polar surface area (TPSA) is 40.5 Å². The van der Waals surface area contributed by atoms with Crippen LogP contribution in [-0.4, -0.2) is 22.2 Å². The Morgan fingerprint density at radius 3 is 2.12 bits per heavy atom. The predicted octanol–water partition coefficient (Wildman–Crippen LogP) is 6.46. The molecule has 1 aliphatic heterocycles. The Bertz CT molecular complexity index is 502. The van der Waals surface area contributed by atoms with Crippen LogP contribution in [0.3, 0.4) is 0 Å². The first-order chi connectivity index (χ1) is 12.7. The molecule has 2 atom stereocenters. The number of hydrogen-bond acceptors (Lipinski definition) is 2. The van der Waals surface area contributed by atoms with Gasteiger partial charge in [0.1, 0.15) is 0 Å². The minimum Gasteiger partial charge on any atom is -0.286 e. The second kappa shape index (κ2) is 12.1. The van der Waals surface area contributed by atoms with Gasteiger partial charge in [-0.2, -0.15) is 0 Å². The molecule has 3 heteroatoms. The van der Waals surface area contributed by atoms with Gasteiger partial charge in [0.15, 0.2) is 0 Å². The Hall–Kier alpha value is -1.35. The maximum Gasteiger partial charge on any atom is 0.246 e. The van der Waals surface area contributed by atoms with E-state index in [-0.39, 0.29) is 17.9 Å². The molecule has 2 rings (SSSR count). The Morgan fingerprint density at radius 1 is 0.923 bits per heavy atom. The van der Waals surface area contributed by atoms with E-state index in [1.165, 1.54) is 63.4 Å². The van der Waals surface area contributed by atoms with Crippen molar-refractivity contribution >= 4 is 5.91 Å². The molecule has 1 aliphatic rings. The maximum atomic E-state index is 12.1. The Labute approximate surface area is 159 Å². The van der Waals surface area contributed by atoms with Gasteiger partial charge in [-0.15, -0.1) is 0 Å². The van der Waals surface area contributed by atoms with Gasteiger partial charge in [-0.1, -0.05) is 101 Å². The van der Waals surface area contributed by atoms with Crippen LogP contribution < -0.4 is 0 Å². The Kier molecular flexibility index (Phi) is 9.76. The molecule has 1 fully saturated rings. The van der Waals surface area contributed by atoms with Crippen molar-refractivity contribution < 1.29 is 10.0 Å². The molecule has 0 saturated carbocycles. The summed E-state index contributed by atoms with van der Waals surface area (Å²) < 4.78 is 0. The molecule has 0 spiro atoms. The number of piperidine rings is 1. The van der Waals surface area contributed by atoms with E-state index < -0.39 is 0 Å². The van der Waals surface area contributed by atoms with Gasteiger partial charge in [-0.3, -0.25) is 10.0 Å². The average Bonchev–Trinajstić information content (AvgIpc) is 2.67. The number of hydrogen-bond donors (Lipinski definition) is 1. The second-order valence-corrected chi connectivity index (χ2v) is 7.91. The van der Waals surface area contributed by atoms with Gasteiger partial charge in [0.05, 0.1) is 6.04 Å². The van der Waals surface area contributed by atoms with E-state index in [1.807, 2.05) is 18.2 Å². The van der Waals surface area contributed by atoms with Crippen LogP contribution >= 0.6 is 0 Å². The normalized spacial score (nSPS) is 20.5. The van der Waals surface area contributed by atoms with Gasteiger partial charge in [0.2, 0.25) is 5.91 Å². The van der Waals surface area contributed by atoms with Gasteiger partial charge in [0.25, 0.3) is 0 Å². The average molecular weight is 360 g/mol. The summed E-state index contributed by atoms with van der Waals surface area (Å²) in [5.41, 5.74) is 1.22. The number of benzene rings is 1. The molecule has 0 unspecified atom stereocenters. The minimum atomic E-state index is -0.123. The highest BCUT2D eigenvalue weighted by atomic mass is 16.5. The zero-order chi connectivity index (χ0) is 18.6. The smallest absolute Gasteiger partial charge is 0.246 e. The maximum absolute atomic E-state index is 12.1. The van der Waals surface area contributed by atoms with Crippen LogP contribution in [0.25, 0.3) is 0 Å². The van der Waals surface area contributed by atoms with Crippen molar-refractivity contribution in [1.82, 2.24) is 5.06 Å². The first-order valence-corrected chi connectivity index (χ1v) is 10.8. The first kappa shape index (κ1) is 21.0. The molecule has 146 valence electrons. The van der Waals surface area contributed by atoms with E-state index in [2.05, 4.69) is 19.1 Å². The van der Waals surface area contributed by atoms with Gasteiger partial charge >= 0.3 is 0 Å². The van der Waals surface area contributed by atoms with Crippen molar-refractivity contribution in [2.24, 2.45) is 0 Å². The highest BCUT2D eigenvalue weighted by Crippen LogP contribution is 2.33. The van der Waals surface area contributed by atoms with Gasteiger partial charge in [-0.05, 0) is 24.3 Å². The monoisotopic (exact) mass is 359 g/mol. The minimum absolute atomic E-state index is 0.0181. The molecule has 1 N–H and O–H groups in total. The lowest BCUT2D eigenvalue weighted by Gasteiger charge is -2.35. The summed E-state index contributed by atoms with van der Waals surface area (Å²) >= 11 is 0. The Balaban J connectivity index is 1.62. The van der Waals surface area contributed by atoms with E-state index >= 15 is 0 Å². The van der Waals surface area contributed by atoms with Crippen molar-refractivity contribution in [1.29, 1.82) is 0 Å². The third kappa shape index (κ3) is 7.11. The second-order valence-electron chi connectivity index (χ2n) is 7.91. The standard InChI is InChI=1S/C23H37NO2/c1-2-3-4-5-6-7-8-9-10-14-17-22-18-21(19-23(25)24(22)26)20-15-12-11-13-16-20/h11-13,15-16,21-22,26H,2-10,14,17-19H2,1H3/t21-,22+/m1/s1. The van der Waals surface area contributed by atoms with E-state index in [4.69, 9.17) is 0 Å². The van der Waals surface area contributed by atoms with Crippen LogP contribution in [0.15, 0.2) is 30.3 Å². The molecule has 1 heterocycles. The van der Waals surface area contributed by atoms with E-state index in [0.29, 0.717) is 6.42 Å². The predicted molar refractivity (Wildman–Crippen MR) is 107 cm³/mol. The summed E-state index contributed by atoms with van der Waals surface area (Å²) in [7, 11) is 0. The summed E-state index contributed by atoms with van der Waals surface area (Å²) in [6.45, 7) is 2.26. The zero-order valence-electron chi connectivity index (χ0n) is 16.5. The molecule has 0 aromatic heterocycles. The number of unbranched alkanes of at least 4 members (excludes halogenated alkanes) is 9. The highest BCUT2D eigenvalue weighted by Gasteiger charge is 2.33. The highest BCUT2D eigenvalue weighted by molar-refractivity contribution is 5.77. The molecule has 1 aromatic rings. The van der Waals surface area contributed by atoms with Crippen molar-refractivity contribution in [3.8, 4) is 0 Å². The van der Waals surface area contributed by atoms with Crippen molar-refractivity contribution in [2.45, 2.75) is 102 Å². The molecule has 1 aromatic carbocycles. The van der Waals surface area contributed by atoms with Crippen LogP contribution in [0.2, 0.25) is 0 Å². The molecule has 1 amide bonds. The van der Waals surface area contributed by atoms with Gasteiger partial charge in [-0.25, -0.2) is 5.06 Å². The van der Waals surface area contributed by atoms with E-state index in [9.17, 15) is 10.0 Å². The molecule has 0 aliphatic carbocycles. The number of hydroxylamine groups is 2. The lowest BCUT2D eigenvalue weighted by Crippen LogP contribution is -2.43. The van der Waals surface area contributed by atoms with E-state index in [1.54, 1.807) is 0 Å². The van der Waals surface area contributed by atoms with Crippen LogP contribution in [0.4, 0.5) is 0 Å². The molecular weight excluding hydrogens is 322 g/mol.